The number of aliphatic hydroxyl groups is 1. The molecule has 2 heterocycles. The number of hydrogen-bond donors (Lipinski definition) is 3. The Hall–Kier alpha value is -2.71. The predicted molar refractivity (Wildman–Crippen MR) is 117 cm³/mol. The predicted octanol–water partition coefficient (Wildman–Crippen LogP) is 2.78. The van der Waals surface area contributed by atoms with E-state index in [1.165, 1.54) is 0 Å². The van der Waals surface area contributed by atoms with E-state index in [1.807, 2.05) is 45.9 Å². The summed E-state index contributed by atoms with van der Waals surface area (Å²) in [5, 5.41) is 18.5. The lowest BCUT2D eigenvalue weighted by Crippen LogP contribution is -2.27. The Morgan fingerprint density at radius 1 is 1.30 bits per heavy atom. The first kappa shape index (κ1) is 22.0. The lowest BCUT2D eigenvalue weighted by molar-refractivity contribution is 0.171. The van der Waals surface area contributed by atoms with Crippen LogP contribution in [-0.4, -0.2) is 43.9 Å². The van der Waals surface area contributed by atoms with Gasteiger partial charge in [0.25, 0.3) is 5.56 Å². The highest BCUT2D eigenvalue weighted by atomic mass is 16.5. The molecule has 0 saturated heterocycles. The number of aromatic nitrogens is 4. The molecule has 162 valence electrons. The third kappa shape index (κ3) is 4.55. The number of aryl methyl sites for hydroxylation is 2. The van der Waals surface area contributed by atoms with Gasteiger partial charge in [-0.3, -0.25) is 4.79 Å². The Kier molecular flexibility index (Phi) is 6.89. The molecule has 0 aliphatic heterocycles. The van der Waals surface area contributed by atoms with Crippen LogP contribution in [0.4, 0.5) is 0 Å². The molecule has 8 heteroatoms. The number of nitrogens with zero attached hydrogens (tertiary/aromatic N) is 3. The van der Waals surface area contributed by atoms with Gasteiger partial charge in [-0.05, 0) is 38.0 Å². The van der Waals surface area contributed by atoms with Crippen molar-refractivity contribution in [1.82, 2.24) is 24.9 Å². The number of ether oxygens (including phenoxy) is 1. The molecular formula is C22H31N5O3. The van der Waals surface area contributed by atoms with Gasteiger partial charge < -0.3 is 20.1 Å². The minimum Gasteiger partial charge on any atom is -0.493 e. The van der Waals surface area contributed by atoms with Gasteiger partial charge in [-0.25, -0.2) is 9.50 Å². The largest absolute Gasteiger partial charge is 0.493 e. The molecule has 3 N–H and O–H groups in total. The number of benzene rings is 1. The minimum absolute atomic E-state index is 0.248. The van der Waals surface area contributed by atoms with Crippen molar-refractivity contribution in [3.05, 3.63) is 45.6 Å². The average Bonchev–Trinajstić information content (AvgIpc) is 3.02. The first-order valence-corrected chi connectivity index (χ1v) is 10.5. The standard InChI is InChI=1S/C22H31N5O3/c1-6-8-19-24-14(5)20-22(29)25-21(26-27(19)20)16-11-15(9-10-18(16)30-7-2)17(28)12-23-13(3)4/h9-11,13,17,23,28H,6-8,12H2,1-5H3,(H,25,26,29). The van der Waals surface area contributed by atoms with Gasteiger partial charge in [-0.1, -0.05) is 26.8 Å². The van der Waals surface area contributed by atoms with Gasteiger partial charge in [0.2, 0.25) is 0 Å². The number of H-pyrrole nitrogens is 1. The van der Waals surface area contributed by atoms with Gasteiger partial charge in [0.1, 0.15) is 11.6 Å². The second kappa shape index (κ2) is 9.40. The van der Waals surface area contributed by atoms with Crippen molar-refractivity contribution in [3.63, 3.8) is 0 Å². The van der Waals surface area contributed by atoms with Gasteiger partial charge in [0.05, 0.1) is 24.0 Å². The molecule has 2 aromatic heterocycles. The van der Waals surface area contributed by atoms with Crippen LogP contribution in [0, 0.1) is 6.92 Å². The second-order valence-electron chi connectivity index (χ2n) is 7.69. The fourth-order valence-electron chi connectivity index (χ4n) is 3.43. The smallest absolute Gasteiger partial charge is 0.277 e. The molecule has 3 rings (SSSR count). The Balaban J connectivity index is 2.12. The summed E-state index contributed by atoms with van der Waals surface area (Å²) in [5.74, 6) is 1.74. The van der Waals surface area contributed by atoms with Crippen LogP contribution in [0.2, 0.25) is 0 Å². The van der Waals surface area contributed by atoms with Crippen molar-refractivity contribution in [2.75, 3.05) is 13.2 Å². The molecule has 0 radical (unpaired) electrons. The number of aromatic amines is 1. The maximum Gasteiger partial charge on any atom is 0.277 e. The van der Waals surface area contributed by atoms with Crippen molar-refractivity contribution in [2.45, 2.75) is 59.6 Å². The summed E-state index contributed by atoms with van der Waals surface area (Å²) in [6.07, 6.45) is 0.934. The Morgan fingerprint density at radius 2 is 2.07 bits per heavy atom. The molecule has 3 aromatic rings. The summed E-state index contributed by atoms with van der Waals surface area (Å²) in [6.45, 7) is 10.7. The van der Waals surface area contributed by atoms with E-state index in [9.17, 15) is 9.90 Å². The van der Waals surface area contributed by atoms with E-state index in [0.29, 0.717) is 41.5 Å². The maximum absolute atomic E-state index is 12.8. The van der Waals surface area contributed by atoms with Crippen LogP contribution in [-0.2, 0) is 6.42 Å². The lowest BCUT2D eigenvalue weighted by Gasteiger charge is -2.17. The number of fused-ring (bicyclic) bond motifs is 1. The fourth-order valence-corrected chi connectivity index (χ4v) is 3.43. The van der Waals surface area contributed by atoms with Crippen molar-refractivity contribution in [1.29, 1.82) is 0 Å². The highest BCUT2D eigenvalue weighted by Crippen LogP contribution is 2.30. The van der Waals surface area contributed by atoms with Crippen LogP contribution in [0.3, 0.4) is 0 Å². The number of aliphatic hydroxyl groups excluding tert-OH is 1. The van der Waals surface area contributed by atoms with Crippen LogP contribution in [0.5, 0.6) is 5.75 Å². The molecule has 0 aliphatic rings. The molecule has 8 nitrogen and oxygen atoms in total. The van der Waals surface area contributed by atoms with E-state index in [4.69, 9.17) is 4.74 Å². The summed E-state index contributed by atoms with van der Waals surface area (Å²) in [7, 11) is 0. The molecule has 0 saturated carbocycles. The van der Waals surface area contributed by atoms with E-state index in [1.54, 1.807) is 4.52 Å². The first-order chi connectivity index (χ1) is 14.3. The molecule has 0 amide bonds. The van der Waals surface area contributed by atoms with Gasteiger partial charge in [-0.15, -0.1) is 5.10 Å². The summed E-state index contributed by atoms with van der Waals surface area (Å²) in [4.78, 5) is 20.2. The minimum atomic E-state index is -0.691. The number of rotatable bonds is 9. The van der Waals surface area contributed by atoms with Gasteiger partial charge in [0, 0.05) is 19.0 Å². The SMILES string of the molecule is CCCc1nc(C)c2c(=O)[nH]c(-c3cc(C(O)CNC(C)C)ccc3OCC)nn12. The Bertz CT molecular complexity index is 1070. The molecule has 0 bridgehead atoms. The molecular weight excluding hydrogens is 382 g/mol. The van der Waals surface area contributed by atoms with E-state index in [0.717, 1.165) is 24.2 Å². The Labute approximate surface area is 176 Å². The number of nitrogens with one attached hydrogen (secondary N) is 2. The van der Waals surface area contributed by atoms with Crippen LogP contribution < -0.4 is 15.6 Å². The third-order valence-electron chi connectivity index (χ3n) is 4.88. The van der Waals surface area contributed by atoms with Gasteiger partial charge in [-0.2, -0.15) is 0 Å². The van der Waals surface area contributed by atoms with Gasteiger partial charge >= 0.3 is 0 Å². The molecule has 0 spiro atoms. The van der Waals surface area contributed by atoms with Crippen LogP contribution in [0.25, 0.3) is 16.9 Å². The summed E-state index contributed by atoms with van der Waals surface area (Å²) < 4.78 is 7.41. The normalized spacial score (nSPS) is 12.6. The highest BCUT2D eigenvalue weighted by molar-refractivity contribution is 5.66. The monoisotopic (exact) mass is 413 g/mol. The second-order valence-corrected chi connectivity index (χ2v) is 7.69. The molecule has 30 heavy (non-hydrogen) atoms. The maximum atomic E-state index is 12.8. The van der Waals surface area contributed by atoms with E-state index < -0.39 is 6.10 Å². The van der Waals surface area contributed by atoms with E-state index in [2.05, 4.69) is 27.3 Å². The van der Waals surface area contributed by atoms with E-state index in [-0.39, 0.29) is 11.6 Å². The third-order valence-corrected chi connectivity index (χ3v) is 4.88. The first-order valence-electron chi connectivity index (χ1n) is 10.5. The molecule has 0 fully saturated rings. The summed E-state index contributed by atoms with van der Waals surface area (Å²) >= 11 is 0. The van der Waals surface area contributed by atoms with Crippen LogP contribution in [0.1, 0.15) is 57.3 Å². The van der Waals surface area contributed by atoms with Crippen molar-refractivity contribution < 1.29 is 9.84 Å². The number of imidazole rings is 1. The van der Waals surface area contributed by atoms with Crippen molar-refractivity contribution >= 4 is 5.52 Å². The summed E-state index contributed by atoms with van der Waals surface area (Å²) in [6, 6.07) is 5.74. The zero-order chi connectivity index (χ0) is 21.8. The topological polar surface area (TPSA) is 105 Å². The summed E-state index contributed by atoms with van der Waals surface area (Å²) in [5.41, 5.74) is 2.22. The van der Waals surface area contributed by atoms with Crippen molar-refractivity contribution in [3.8, 4) is 17.1 Å². The average molecular weight is 414 g/mol. The number of hydrogen-bond acceptors (Lipinski definition) is 6. The molecule has 1 aromatic carbocycles. The zero-order valence-corrected chi connectivity index (χ0v) is 18.3. The highest BCUT2D eigenvalue weighted by Gasteiger charge is 2.18. The fraction of sp³-hybridized carbons (Fsp3) is 0.500. The van der Waals surface area contributed by atoms with Gasteiger partial charge in [0.15, 0.2) is 11.3 Å². The Morgan fingerprint density at radius 3 is 2.73 bits per heavy atom. The van der Waals surface area contributed by atoms with Crippen LogP contribution in [0.15, 0.2) is 23.0 Å². The zero-order valence-electron chi connectivity index (χ0n) is 18.3. The van der Waals surface area contributed by atoms with Crippen molar-refractivity contribution in [2.24, 2.45) is 0 Å². The van der Waals surface area contributed by atoms with Crippen LogP contribution >= 0.6 is 0 Å². The molecule has 1 atom stereocenters. The lowest BCUT2D eigenvalue weighted by atomic mass is 10.0. The molecule has 1 unspecified atom stereocenters. The molecule has 0 aliphatic carbocycles. The van der Waals surface area contributed by atoms with E-state index >= 15 is 0 Å². The quantitative estimate of drug-likeness (QED) is 0.498.